The summed E-state index contributed by atoms with van der Waals surface area (Å²) in [7, 11) is 0. The van der Waals surface area contributed by atoms with Crippen LogP contribution in [0.2, 0.25) is 0 Å². The fourth-order valence-electron chi connectivity index (χ4n) is 2.38. The molecule has 0 radical (unpaired) electrons. The molecule has 3 rings (SSSR count). The summed E-state index contributed by atoms with van der Waals surface area (Å²) < 4.78 is 1.95. The maximum Gasteiger partial charge on any atom is 0.257 e. The predicted octanol–water partition coefficient (Wildman–Crippen LogP) is 3.51. The van der Waals surface area contributed by atoms with Gasteiger partial charge in [-0.05, 0) is 32.0 Å². The van der Waals surface area contributed by atoms with Crippen molar-refractivity contribution in [1.82, 2.24) is 9.55 Å². The molecule has 0 saturated carbocycles. The number of aromatic nitrogens is 2. The number of nitrogens with zero attached hydrogens (tertiary/aromatic N) is 2. The van der Waals surface area contributed by atoms with Gasteiger partial charge in [0.15, 0.2) is 5.13 Å². The zero-order valence-corrected chi connectivity index (χ0v) is 13.0. The van der Waals surface area contributed by atoms with Gasteiger partial charge >= 0.3 is 0 Å². The molecule has 3 aromatic rings. The number of para-hydroxylation sites is 2. The highest BCUT2D eigenvalue weighted by atomic mass is 32.1. The summed E-state index contributed by atoms with van der Waals surface area (Å²) in [5, 5.41) is 15.2. The summed E-state index contributed by atoms with van der Waals surface area (Å²) in [4.78, 5) is 16.8. The predicted molar refractivity (Wildman–Crippen MR) is 87.0 cm³/mol. The number of amides is 1. The smallest absolute Gasteiger partial charge is 0.257 e. The lowest BCUT2D eigenvalue weighted by molar-refractivity contribution is 0.102. The first-order chi connectivity index (χ1) is 10.6. The standard InChI is InChI=1S/C16H15N3O2S/c1-10-9-12(11(2)19(10)16-17-7-8-22-16)15(21)18-13-5-3-4-6-14(13)20/h3-9,20H,1-2H3,(H,18,21). The summed E-state index contributed by atoms with van der Waals surface area (Å²) in [5.74, 6) is -0.206. The van der Waals surface area contributed by atoms with E-state index >= 15 is 0 Å². The van der Waals surface area contributed by atoms with Crippen LogP contribution in [0.15, 0.2) is 41.9 Å². The first-order valence-corrected chi connectivity index (χ1v) is 7.64. The third-order valence-electron chi connectivity index (χ3n) is 3.44. The molecule has 5 nitrogen and oxygen atoms in total. The van der Waals surface area contributed by atoms with E-state index in [2.05, 4.69) is 10.3 Å². The molecule has 0 fully saturated rings. The fourth-order valence-corrected chi connectivity index (χ4v) is 3.13. The summed E-state index contributed by atoms with van der Waals surface area (Å²) in [6, 6.07) is 8.49. The molecule has 112 valence electrons. The van der Waals surface area contributed by atoms with Gasteiger partial charge in [-0.3, -0.25) is 9.36 Å². The highest BCUT2D eigenvalue weighted by Crippen LogP contribution is 2.25. The number of hydrogen-bond acceptors (Lipinski definition) is 4. The van der Waals surface area contributed by atoms with Crippen molar-refractivity contribution >= 4 is 22.9 Å². The molecule has 6 heteroatoms. The molecule has 1 aromatic carbocycles. The Balaban J connectivity index is 1.94. The van der Waals surface area contributed by atoms with Crippen LogP contribution in [-0.2, 0) is 0 Å². The second kappa shape index (κ2) is 5.65. The van der Waals surface area contributed by atoms with E-state index in [1.54, 1.807) is 24.4 Å². The number of thiazole rings is 1. The van der Waals surface area contributed by atoms with Crippen LogP contribution in [0.5, 0.6) is 5.75 Å². The summed E-state index contributed by atoms with van der Waals surface area (Å²) in [6.45, 7) is 3.82. The summed E-state index contributed by atoms with van der Waals surface area (Å²) >= 11 is 1.52. The molecule has 0 aliphatic carbocycles. The number of hydrogen-bond donors (Lipinski definition) is 2. The Labute approximate surface area is 131 Å². The fraction of sp³-hybridized carbons (Fsp3) is 0.125. The Morgan fingerprint density at radius 3 is 2.77 bits per heavy atom. The number of aryl methyl sites for hydroxylation is 1. The highest BCUT2D eigenvalue weighted by molar-refractivity contribution is 7.12. The molecule has 2 heterocycles. The topological polar surface area (TPSA) is 67.2 Å². The second-order valence-electron chi connectivity index (χ2n) is 4.91. The van der Waals surface area contributed by atoms with E-state index in [4.69, 9.17) is 0 Å². The van der Waals surface area contributed by atoms with Crippen LogP contribution in [0.4, 0.5) is 5.69 Å². The van der Waals surface area contributed by atoms with Gasteiger partial charge in [0, 0.05) is 23.0 Å². The van der Waals surface area contributed by atoms with Crippen molar-refractivity contribution in [2.45, 2.75) is 13.8 Å². The van der Waals surface area contributed by atoms with Gasteiger partial charge in [-0.25, -0.2) is 4.98 Å². The number of phenols is 1. The minimum atomic E-state index is -0.252. The van der Waals surface area contributed by atoms with Gasteiger partial charge in [-0.15, -0.1) is 11.3 Å². The van der Waals surface area contributed by atoms with Crippen molar-refractivity contribution in [3.05, 3.63) is 58.9 Å². The molecule has 0 spiro atoms. The van der Waals surface area contributed by atoms with Crippen LogP contribution in [0.25, 0.3) is 5.13 Å². The van der Waals surface area contributed by atoms with Crippen LogP contribution in [0, 0.1) is 13.8 Å². The van der Waals surface area contributed by atoms with Crippen LogP contribution in [-0.4, -0.2) is 20.6 Å². The number of phenolic OH excluding ortho intramolecular Hbond substituents is 1. The van der Waals surface area contributed by atoms with E-state index in [-0.39, 0.29) is 11.7 Å². The Hall–Kier alpha value is -2.60. The third kappa shape index (κ3) is 2.48. The molecular formula is C16H15N3O2S. The molecule has 2 aromatic heterocycles. The van der Waals surface area contributed by atoms with Crippen molar-refractivity contribution in [3.8, 4) is 10.9 Å². The number of rotatable bonds is 3. The molecular weight excluding hydrogens is 298 g/mol. The van der Waals surface area contributed by atoms with Gasteiger partial charge < -0.3 is 10.4 Å². The molecule has 0 aliphatic heterocycles. The zero-order chi connectivity index (χ0) is 15.7. The van der Waals surface area contributed by atoms with Crippen LogP contribution in [0.3, 0.4) is 0 Å². The molecule has 1 amide bonds. The number of carbonyl (C=O) groups excluding carboxylic acids is 1. The normalized spacial score (nSPS) is 10.6. The van der Waals surface area contributed by atoms with E-state index in [0.29, 0.717) is 11.3 Å². The average molecular weight is 313 g/mol. The van der Waals surface area contributed by atoms with E-state index < -0.39 is 0 Å². The van der Waals surface area contributed by atoms with Crippen LogP contribution < -0.4 is 5.32 Å². The second-order valence-corrected chi connectivity index (χ2v) is 5.78. The van der Waals surface area contributed by atoms with Gasteiger partial charge in [-0.1, -0.05) is 12.1 Å². The maximum absolute atomic E-state index is 12.5. The molecule has 0 unspecified atom stereocenters. The SMILES string of the molecule is Cc1cc(C(=O)Nc2ccccc2O)c(C)n1-c1nccs1. The minimum Gasteiger partial charge on any atom is -0.506 e. The monoisotopic (exact) mass is 313 g/mol. The van der Waals surface area contributed by atoms with Gasteiger partial charge in [0.2, 0.25) is 0 Å². The first kappa shape index (κ1) is 14.3. The number of nitrogens with one attached hydrogen (secondary N) is 1. The average Bonchev–Trinajstić information content (AvgIpc) is 3.09. The van der Waals surface area contributed by atoms with Crippen LogP contribution in [0.1, 0.15) is 21.7 Å². The van der Waals surface area contributed by atoms with Crippen molar-refractivity contribution < 1.29 is 9.90 Å². The third-order valence-corrected chi connectivity index (χ3v) is 4.20. The summed E-state index contributed by atoms with van der Waals surface area (Å²) in [6.07, 6.45) is 1.74. The van der Waals surface area contributed by atoms with Crippen molar-refractivity contribution in [2.75, 3.05) is 5.32 Å². The largest absolute Gasteiger partial charge is 0.506 e. The quantitative estimate of drug-likeness (QED) is 0.727. The minimum absolute atomic E-state index is 0.0459. The van der Waals surface area contributed by atoms with Gasteiger partial charge in [-0.2, -0.15) is 0 Å². The zero-order valence-electron chi connectivity index (χ0n) is 12.2. The maximum atomic E-state index is 12.5. The van der Waals surface area contributed by atoms with Crippen LogP contribution >= 0.6 is 11.3 Å². The molecule has 0 aliphatic rings. The van der Waals surface area contributed by atoms with Crippen molar-refractivity contribution in [3.63, 3.8) is 0 Å². The molecule has 22 heavy (non-hydrogen) atoms. The van der Waals surface area contributed by atoms with E-state index in [1.165, 1.54) is 17.4 Å². The number of anilines is 1. The Morgan fingerprint density at radius 1 is 1.32 bits per heavy atom. The molecule has 0 saturated heterocycles. The van der Waals surface area contributed by atoms with Gasteiger partial charge in [0.25, 0.3) is 5.91 Å². The first-order valence-electron chi connectivity index (χ1n) is 6.76. The Morgan fingerprint density at radius 2 is 2.09 bits per heavy atom. The lowest BCUT2D eigenvalue weighted by Gasteiger charge is -2.08. The van der Waals surface area contributed by atoms with Gasteiger partial charge in [0.05, 0.1) is 11.3 Å². The summed E-state index contributed by atoms with van der Waals surface area (Å²) in [5.41, 5.74) is 2.72. The molecule has 0 bridgehead atoms. The lowest BCUT2D eigenvalue weighted by atomic mass is 10.2. The highest BCUT2D eigenvalue weighted by Gasteiger charge is 2.18. The van der Waals surface area contributed by atoms with E-state index in [1.807, 2.05) is 29.9 Å². The van der Waals surface area contributed by atoms with E-state index in [9.17, 15) is 9.90 Å². The van der Waals surface area contributed by atoms with Crippen molar-refractivity contribution in [2.24, 2.45) is 0 Å². The molecule has 0 atom stereocenters. The van der Waals surface area contributed by atoms with Gasteiger partial charge in [0.1, 0.15) is 5.75 Å². The van der Waals surface area contributed by atoms with Crippen molar-refractivity contribution in [1.29, 1.82) is 0 Å². The number of carbonyl (C=O) groups is 1. The number of benzene rings is 1. The van der Waals surface area contributed by atoms with E-state index in [0.717, 1.165) is 16.5 Å². The Bertz CT molecular complexity index is 822. The number of aromatic hydroxyl groups is 1. The lowest BCUT2D eigenvalue weighted by Crippen LogP contribution is -2.13. The molecule has 2 N–H and O–H groups in total. The Kier molecular flexibility index (Phi) is 3.68.